The zero-order valence-electron chi connectivity index (χ0n) is 13.8. The SMILES string of the molecule is NC1(c2c(Cl)cc(C(F)(F)F)cc2Cl)N=NC(C2=NCCN2)=C1S(=O)C(F)(F)F. The second-order valence-electron chi connectivity index (χ2n) is 5.83. The molecular weight excluding hydrogens is 471 g/mol. The number of hydrogen-bond acceptors (Lipinski definition) is 6. The van der Waals surface area contributed by atoms with Crippen LogP contribution < -0.4 is 11.1 Å². The lowest BCUT2D eigenvalue weighted by Crippen LogP contribution is -2.41. The van der Waals surface area contributed by atoms with Crippen LogP contribution in [0, 0.1) is 0 Å². The second-order valence-corrected chi connectivity index (χ2v) is 8.05. The molecule has 0 spiro atoms. The second kappa shape index (κ2) is 7.22. The molecule has 2 atom stereocenters. The predicted molar refractivity (Wildman–Crippen MR) is 93.7 cm³/mol. The average Bonchev–Trinajstić information content (AvgIpc) is 3.19. The van der Waals surface area contributed by atoms with Crippen molar-refractivity contribution in [1.29, 1.82) is 0 Å². The molecule has 1 aromatic rings. The van der Waals surface area contributed by atoms with Crippen LogP contribution in [0.4, 0.5) is 26.3 Å². The monoisotopic (exact) mass is 479 g/mol. The zero-order chi connectivity index (χ0) is 21.8. The quantitative estimate of drug-likeness (QED) is 0.640. The first-order chi connectivity index (χ1) is 13.3. The van der Waals surface area contributed by atoms with Crippen LogP contribution in [0.5, 0.6) is 0 Å². The maximum atomic E-state index is 13.3. The Bertz CT molecular complexity index is 967. The molecule has 3 rings (SSSR count). The highest BCUT2D eigenvalue weighted by molar-refractivity contribution is 7.90. The van der Waals surface area contributed by atoms with E-state index in [9.17, 15) is 30.6 Å². The molecule has 0 radical (unpaired) electrons. The molecule has 2 heterocycles. The number of halogens is 8. The number of nitrogens with zero attached hydrogens (tertiary/aromatic N) is 3. The van der Waals surface area contributed by atoms with Crippen molar-refractivity contribution < 1.29 is 30.6 Å². The standard InChI is InChI=1S/C14H9Cl2F6N5OS/c15-6-3-5(13(17,18)19)4-7(16)8(6)12(23)10(29(28)14(20,21)22)9(26-27-12)11-24-1-2-25-11/h3-4H,1-2,23H2,(H,24,25). The lowest BCUT2D eigenvalue weighted by atomic mass is 9.98. The maximum absolute atomic E-state index is 13.3. The number of hydrogen-bond donors (Lipinski definition) is 2. The lowest BCUT2D eigenvalue weighted by Gasteiger charge is -2.26. The molecule has 158 valence electrons. The summed E-state index contributed by atoms with van der Waals surface area (Å²) in [6, 6.07) is 0.870. The van der Waals surface area contributed by atoms with Gasteiger partial charge in [-0.15, -0.1) is 5.11 Å². The van der Waals surface area contributed by atoms with E-state index in [1.807, 2.05) is 0 Å². The van der Waals surface area contributed by atoms with Crippen LogP contribution in [0.2, 0.25) is 10.0 Å². The van der Waals surface area contributed by atoms with Gasteiger partial charge in [-0.1, -0.05) is 23.2 Å². The normalized spacial score (nSPS) is 23.4. The molecule has 29 heavy (non-hydrogen) atoms. The molecule has 1 aromatic carbocycles. The van der Waals surface area contributed by atoms with Gasteiger partial charge in [0.25, 0.3) is 0 Å². The highest BCUT2D eigenvalue weighted by atomic mass is 35.5. The minimum absolute atomic E-state index is 0.132. The number of aliphatic imine (C=N–C) groups is 1. The van der Waals surface area contributed by atoms with Crippen molar-refractivity contribution in [2.24, 2.45) is 21.0 Å². The van der Waals surface area contributed by atoms with Crippen molar-refractivity contribution in [3.8, 4) is 0 Å². The number of benzene rings is 1. The van der Waals surface area contributed by atoms with E-state index in [4.69, 9.17) is 28.9 Å². The van der Waals surface area contributed by atoms with Gasteiger partial charge in [0.05, 0.1) is 22.2 Å². The molecule has 0 saturated heterocycles. The van der Waals surface area contributed by atoms with Gasteiger partial charge in [0.2, 0.25) is 0 Å². The Labute approximate surface area is 171 Å². The van der Waals surface area contributed by atoms with Crippen molar-refractivity contribution >= 4 is 39.8 Å². The van der Waals surface area contributed by atoms with Gasteiger partial charge in [0.1, 0.15) is 16.4 Å². The summed E-state index contributed by atoms with van der Waals surface area (Å²) in [7, 11) is -3.74. The molecule has 0 bridgehead atoms. The molecule has 0 amide bonds. The van der Waals surface area contributed by atoms with Crippen LogP contribution >= 0.6 is 23.2 Å². The van der Waals surface area contributed by atoms with Gasteiger partial charge in [0.15, 0.2) is 16.5 Å². The number of rotatable bonds is 3. The van der Waals surface area contributed by atoms with Gasteiger partial charge in [-0.3, -0.25) is 10.7 Å². The van der Waals surface area contributed by atoms with Crippen LogP contribution in [0.25, 0.3) is 0 Å². The molecular formula is C14H9Cl2F6N5OS. The first-order valence-electron chi connectivity index (χ1n) is 7.57. The summed E-state index contributed by atoms with van der Waals surface area (Å²) in [6.07, 6.45) is -4.83. The molecule has 0 fully saturated rings. The van der Waals surface area contributed by atoms with Gasteiger partial charge in [-0.05, 0) is 12.1 Å². The summed E-state index contributed by atoms with van der Waals surface area (Å²) in [4.78, 5) is 2.86. The Kier molecular flexibility index (Phi) is 5.47. The highest BCUT2D eigenvalue weighted by Gasteiger charge is 2.54. The molecule has 2 unspecified atom stereocenters. The first-order valence-corrected chi connectivity index (χ1v) is 9.48. The summed E-state index contributed by atoms with van der Waals surface area (Å²) >= 11 is 11.8. The molecule has 0 aliphatic carbocycles. The van der Waals surface area contributed by atoms with Gasteiger partial charge in [-0.25, -0.2) is 4.21 Å². The fourth-order valence-electron chi connectivity index (χ4n) is 2.72. The number of alkyl halides is 6. The summed E-state index contributed by atoms with van der Waals surface area (Å²) in [5.41, 5.74) is -4.28. The van der Waals surface area contributed by atoms with Crippen molar-refractivity contribution in [3.63, 3.8) is 0 Å². The largest absolute Gasteiger partial charge is 0.475 e. The van der Waals surface area contributed by atoms with Crippen molar-refractivity contribution in [2.45, 2.75) is 17.3 Å². The topological polar surface area (TPSA) is 92.2 Å². The van der Waals surface area contributed by atoms with Crippen LogP contribution in [0.3, 0.4) is 0 Å². The average molecular weight is 480 g/mol. The van der Waals surface area contributed by atoms with E-state index < -0.39 is 59.9 Å². The summed E-state index contributed by atoms with van der Waals surface area (Å²) in [5, 5.41) is 8.34. The van der Waals surface area contributed by atoms with Gasteiger partial charge in [0, 0.05) is 12.1 Å². The summed E-state index contributed by atoms with van der Waals surface area (Å²) < 4.78 is 91.0. The lowest BCUT2D eigenvalue weighted by molar-refractivity contribution is -0.137. The molecule has 0 saturated carbocycles. The molecule has 6 nitrogen and oxygen atoms in total. The molecule has 15 heteroatoms. The maximum Gasteiger partial charge on any atom is 0.475 e. The van der Waals surface area contributed by atoms with Crippen LogP contribution in [-0.2, 0) is 22.6 Å². The Balaban J connectivity index is 2.25. The third-order valence-corrected chi connectivity index (χ3v) is 5.81. The Morgan fingerprint density at radius 3 is 2.17 bits per heavy atom. The van der Waals surface area contributed by atoms with Crippen LogP contribution in [0.1, 0.15) is 11.1 Å². The smallest absolute Gasteiger partial charge is 0.367 e. The third kappa shape index (κ3) is 3.88. The molecule has 2 aliphatic rings. The summed E-state index contributed by atoms with van der Waals surface area (Å²) in [5.74, 6) is -0.132. The molecule has 2 aliphatic heterocycles. The molecule has 3 N–H and O–H groups in total. The van der Waals surface area contributed by atoms with E-state index in [1.54, 1.807) is 0 Å². The number of amidine groups is 1. The van der Waals surface area contributed by atoms with Crippen molar-refractivity contribution in [2.75, 3.05) is 13.1 Å². The fraction of sp³-hybridized carbons (Fsp3) is 0.357. The Morgan fingerprint density at radius 2 is 1.72 bits per heavy atom. The number of nitrogens with one attached hydrogen (secondary N) is 1. The van der Waals surface area contributed by atoms with E-state index >= 15 is 0 Å². The van der Waals surface area contributed by atoms with Crippen molar-refractivity contribution in [1.82, 2.24) is 5.32 Å². The van der Waals surface area contributed by atoms with E-state index in [0.29, 0.717) is 12.1 Å². The van der Waals surface area contributed by atoms with Gasteiger partial charge < -0.3 is 5.32 Å². The first kappa shape index (κ1) is 22.0. The number of nitrogens with two attached hydrogens (primary N) is 1. The van der Waals surface area contributed by atoms with E-state index in [1.165, 1.54) is 0 Å². The summed E-state index contributed by atoms with van der Waals surface area (Å²) in [6.45, 7) is 0.485. The van der Waals surface area contributed by atoms with E-state index in [2.05, 4.69) is 20.5 Å². The van der Waals surface area contributed by atoms with Crippen molar-refractivity contribution in [3.05, 3.63) is 43.9 Å². The minimum atomic E-state index is -5.27. The van der Waals surface area contributed by atoms with E-state index in [0.717, 1.165) is 0 Å². The van der Waals surface area contributed by atoms with E-state index in [-0.39, 0.29) is 18.9 Å². The Morgan fingerprint density at radius 1 is 1.14 bits per heavy atom. The fourth-order valence-corrected chi connectivity index (χ4v) is 4.47. The zero-order valence-corrected chi connectivity index (χ0v) is 16.2. The highest BCUT2D eigenvalue weighted by Crippen LogP contribution is 2.48. The Hall–Kier alpha value is -1.70. The van der Waals surface area contributed by atoms with Gasteiger partial charge >= 0.3 is 11.7 Å². The minimum Gasteiger partial charge on any atom is -0.367 e. The van der Waals surface area contributed by atoms with Crippen LogP contribution in [-0.4, -0.2) is 28.6 Å². The predicted octanol–water partition coefficient (Wildman–Crippen LogP) is 4.07. The number of azo groups is 1. The molecule has 0 aromatic heterocycles. The van der Waals surface area contributed by atoms with Crippen LogP contribution in [0.15, 0.2) is 38.0 Å². The third-order valence-electron chi connectivity index (χ3n) is 3.91. The van der Waals surface area contributed by atoms with Gasteiger partial charge in [-0.2, -0.15) is 31.5 Å².